The Hall–Kier alpha value is -1.86. The van der Waals surface area contributed by atoms with Crippen LogP contribution in [-0.2, 0) is 22.7 Å². The highest BCUT2D eigenvalue weighted by atomic mass is 32.2. The fraction of sp³-hybridized carbons (Fsp3) is 0.200. The van der Waals surface area contributed by atoms with Gasteiger partial charge in [0.05, 0.1) is 10.5 Å². The highest BCUT2D eigenvalue weighted by Crippen LogP contribution is 2.29. The van der Waals surface area contributed by atoms with E-state index >= 15 is 0 Å². The maximum Gasteiger partial charge on any atom is 0.416 e. The van der Waals surface area contributed by atoms with Gasteiger partial charge in [-0.25, -0.2) is 13.1 Å². The third-order valence-corrected chi connectivity index (χ3v) is 4.42. The lowest BCUT2D eigenvalue weighted by Gasteiger charge is -2.10. The molecular formula is C15H14F3NO2S. The largest absolute Gasteiger partial charge is 0.416 e. The standard InChI is InChI=1S/C15H14F3NO2S/c1-11-4-2-7-14(8-11)22(20,21)19-10-12-5-3-6-13(9-12)15(16,17)18/h2-9,19H,10H2,1H3. The number of hydrogen-bond donors (Lipinski definition) is 1. The van der Waals surface area contributed by atoms with Gasteiger partial charge >= 0.3 is 6.18 Å². The molecule has 0 aromatic heterocycles. The Bertz CT molecular complexity index is 770. The van der Waals surface area contributed by atoms with Crippen molar-refractivity contribution in [3.05, 3.63) is 65.2 Å². The molecule has 0 aliphatic rings. The molecule has 2 aromatic rings. The predicted octanol–water partition coefficient (Wildman–Crippen LogP) is 3.49. The number of halogens is 3. The van der Waals surface area contributed by atoms with Crippen molar-refractivity contribution < 1.29 is 21.6 Å². The Balaban J connectivity index is 2.16. The van der Waals surface area contributed by atoms with Crippen molar-refractivity contribution in [1.29, 1.82) is 0 Å². The fourth-order valence-corrected chi connectivity index (χ4v) is 3.02. The van der Waals surface area contributed by atoms with E-state index in [9.17, 15) is 21.6 Å². The highest BCUT2D eigenvalue weighted by Gasteiger charge is 2.30. The Morgan fingerprint density at radius 1 is 1.05 bits per heavy atom. The first-order valence-electron chi connectivity index (χ1n) is 6.41. The number of aryl methyl sites for hydroxylation is 1. The number of alkyl halides is 3. The Labute approximate surface area is 126 Å². The van der Waals surface area contributed by atoms with Gasteiger partial charge in [-0.2, -0.15) is 13.2 Å². The quantitative estimate of drug-likeness (QED) is 0.933. The van der Waals surface area contributed by atoms with Crippen LogP contribution in [-0.4, -0.2) is 8.42 Å². The minimum absolute atomic E-state index is 0.0828. The molecule has 0 saturated heterocycles. The number of rotatable bonds is 4. The van der Waals surface area contributed by atoms with Gasteiger partial charge in [-0.15, -0.1) is 0 Å². The lowest BCUT2D eigenvalue weighted by molar-refractivity contribution is -0.137. The van der Waals surface area contributed by atoms with Gasteiger partial charge in [-0.05, 0) is 36.2 Å². The van der Waals surface area contributed by atoms with Crippen molar-refractivity contribution >= 4 is 10.0 Å². The SMILES string of the molecule is Cc1cccc(S(=O)(=O)NCc2cccc(C(F)(F)F)c2)c1. The van der Waals surface area contributed by atoms with Gasteiger partial charge in [0.15, 0.2) is 0 Å². The molecule has 118 valence electrons. The lowest BCUT2D eigenvalue weighted by atomic mass is 10.1. The zero-order chi connectivity index (χ0) is 16.4. The van der Waals surface area contributed by atoms with E-state index in [0.29, 0.717) is 0 Å². The number of hydrogen-bond acceptors (Lipinski definition) is 2. The molecule has 0 radical (unpaired) electrons. The monoisotopic (exact) mass is 329 g/mol. The van der Waals surface area contributed by atoms with Crippen molar-refractivity contribution in [2.75, 3.05) is 0 Å². The molecule has 0 unspecified atom stereocenters. The van der Waals surface area contributed by atoms with E-state index in [1.165, 1.54) is 24.3 Å². The number of sulfonamides is 1. The molecule has 2 aromatic carbocycles. The summed E-state index contributed by atoms with van der Waals surface area (Å²) in [5.74, 6) is 0. The van der Waals surface area contributed by atoms with Gasteiger partial charge in [0, 0.05) is 6.54 Å². The zero-order valence-corrected chi connectivity index (χ0v) is 12.5. The second-order valence-electron chi connectivity index (χ2n) is 4.84. The molecule has 0 spiro atoms. The smallest absolute Gasteiger partial charge is 0.207 e. The van der Waals surface area contributed by atoms with Gasteiger partial charge in [-0.3, -0.25) is 0 Å². The summed E-state index contributed by atoms with van der Waals surface area (Å²) < 4.78 is 64.4. The van der Waals surface area contributed by atoms with Crippen molar-refractivity contribution in [3.8, 4) is 0 Å². The number of nitrogens with one attached hydrogen (secondary N) is 1. The summed E-state index contributed by atoms with van der Waals surface area (Å²) in [5.41, 5.74) is 0.216. The molecule has 7 heteroatoms. The summed E-state index contributed by atoms with van der Waals surface area (Å²) >= 11 is 0. The van der Waals surface area contributed by atoms with Crippen LogP contribution in [0, 0.1) is 6.92 Å². The number of benzene rings is 2. The van der Waals surface area contributed by atoms with Crippen molar-refractivity contribution in [3.63, 3.8) is 0 Å². The third kappa shape index (κ3) is 4.08. The second kappa shape index (κ2) is 6.10. The summed E-state index contributed by atoms with van der Waals surface area (Å²) in [4.78, 5) is 0.0828. The van der Waals surface area contributed by atoms with Gasteiger partial charge in [0.2, 0.25) is 10.0 Å². The molecule has 0 amide bonds. The first-order valence-corrected chi connectivity index (χ1v) is 7.89. The van der Waals surface area contributed by atoms with Crippen molar-refractivity contribution in [2.45, 2.75) is 24.5 Å². The van der Waals surface area contributed by atoms with Crippen LogP contribution in [0.1, 0.15) is 16.7 Å². The maximum atomic E-state index is 12.6. The van der Waals surface area contributed by atoms with Crippen LogP contribution < -0.4 is 4.72 Å². The van der Waals surface area contributed by atoms with Crippen LogP contribution in [0.3, 0.4) is 0 Å². The van der Waals surface area contributed by atoms with E-state index in [-0.39, 0.29) is 17.0 Å². The molecule has 2 rings (SSSR count). The lowest BCUT2D eigenvalue weighted by Crippen LogP contribution is -2.23. The van der Waals surface area contributed by atoms with Crippen molar-refractivity contribution in [1.82, 2.24) is 4.72 Å². The van der Waals surface area contributed by atoms with Crippen LogP contribution in [0.5, 0.6) is 0 Å². The van der Waals surface area contributed by atoms with Crippen LogP contribution in [0.4, 0.5) is 13.2 Å². The molecule has 0 fully saturated rings. The van der Waals surface area contributed by atoms with Crippen LogP contribution >= 0.6 is 0 Å². The maximum absolute atomic E-state index is 12.6. The van der Waals surface area contributed by atoms with Crippen LogP contribution in [0.15, 0.2) is 53.4 Å². The van der Waals surface area contributed by atoms with E-state index in [4.69, 9.17) is 0 Å². The van der Waals surface area contributed by atoms with E-state index in [1.54, 1.807) is 19.1 Å². The average molecular weight is 329 g/mol. The van der Waals surface area contributed by atoms with E-state index in [2.05, 4.69) is 4.72 Å². The Kier molecular flexibility index (Phi) is 4.58. The molecule has 0 atom stereocenters. The molecule has 0 aliphatic heterocycles. The molecule has 0 bridgehead atoms. The fourth-order valence-electron chi connectivity index (χ4n) is 1.90. The molecule has 3 nitrogen and oxygen atoms in total. The minimum Gasteiger partial charge on any atom is -0.207 e. The van der Waals surface area contributed by atoms with Gasteiger partial charge < -0.3 is 0 Å². The molecule has 0 heterocycles. The summed E-state index contributed by atoms with van der Waals surface area (Å²) in [6, 6.07) is 10.8. The van der Waals surface area contributed by atoms with Gasteiger partial charge in [-0.1, -0.05) is 30.3 Å². The second-order valence-corrected chi connectivity index (χ2v) is 6.61. The third-order valence-electron chi connectivity index (χ3n) is 3.02. The molecule has 1 N–H and O–H groups in total. The normalized spacial score (nSPS) is 12.4. The van der Waals surface area contributed by atoms with Crippen molar-refractivity contribution in [2.24, 2.45) is 0 Å². The van der Waals surface area contributed by atoms with E-state index in [0.717, 1.165) is 17.7 Å². The first-order chi connectivity index (χ1) is 10.2. The summed E-state index contributed by atoms with van der Waals surface area (Å²) in [6.45, 7) is 1.55. The minimum atomic E-state index is -4.45. The summed E-state index contributed by atoms with van der Waals surface area (Å²) in [5, 5.41) is 0. The van der Waals surface area contributed by atoms with Gasteiger partial charge in [0.25, 0.3) is 0 Å². The predicted molar refractivity (Wildman–Crippen MR) is 76.6 cm³/mol. The summed E-state index contributed by atoms with van der Waals surface area (Å²) in [6.07, 6.45) is -4.45. The average Bonchev–Trinajstić information content (AvgIpc) is 2.45. The molecule has 22 heavy (non-hydrogen) atoms. The van der Waals surface area contributed by atoms with Crippen LogP contribution in [0.25, 0.3) is 0 Å². The van der Waals surface area contributed by atoms with E-state index in [1.807, 2.05) is 0 Å². The molecule has 0 saturated carbocycles. The zero-order valence-electron chi connectivity index (χ0n) is 11.7. The first kappa shape index (κ1) is 16.5. The van der Waals surface area contributed by atoms with Gasteiger partial charge in [0.1, 0.15) is 0 Å². The molecular weight excluding hydrogens is 315 g/mol. The van der Waals surface area contributed by atoms with Crippen LogP contribution in [0.2, 0.25) is 0 Å². The highest BCUT2D eigenvalue weighted by molar-refractivity contribution is 7.89. The topological polar surface area (TPSA) is 46.2 Å². The summed E-state index contributed by atoms with van der Waals surface area (Å²) in [7, 11) is -3.76. The van der Waals surface area contributed by atoms with E-state index < -0.39 is 21.8 Å². The Morgan fingerprint density at radius 2 is 1.73 bits per heavy atom. The Morgan fingerprint density at radius 3 is 2.36 bits per heavy atom. The molecule has 0 aliphatic carbocycles.